The summed E-state index contributed by atoms with van der Waals surface area (Å²) in [4.78, 5) is 14.4. The lowest BCUT2D eigenvalue weighted by Crippen LogP contribution is -2.14. The molecule has 0 unspecified atom stereocenters. The summed E-state index contributed by atoms with van der Waals surface area (Å²) in [5, 5.41) is 2.31. The molecule has 0 spiro atoms. The quantitative estimate of drug-likeness (QED) is 0.323. The standard InChI is InChI=1S/C28H22N4/c1-3-7-23-19(5-1)13-17-31(23)25-11-15-29-27-21(25)9-10-22-26(12-16-30-28(22)27)32-18-14-20-6-2-4-8-24(20)32/h1-12,15-16H,13-14,17-18H2. The van der Waals surface area contributed by atoms with Gasteiger partial charge in [-0.3, -0.25) is 9.97 Å². The number of fused-ring (bicyclic) bond motifs is 5. The van der Waals surface area contributed by atoms with Crippen molar-refractivity contribution in [2.24, 2.45) is 0 Å². The third-order valence-corrected chi connectivity index (χ3v) is 6.93. The van der Waals surface area contributed by atoms with Crippen LogP contribution in [0.3, 0.4) is 0 Å². The minimum atomic E-state index is 0.971. The van der Waals surface area contributed by atoms with Gasteiger partial charge in [-0.2, -0.15) is 0 Å². The van der Waals surface area contributed by atoms with E-state index in [1.807, 2.05) is 12.4 Å². The number of hydrogen-bond donors (Lipinski definition) is 0. The molecule has 4 nitrogen and oxygen atoms in total. The first kappa shape index (κ1) is 17.7. The summed E-state index contributed by atoms with van der Waals surface area (Å²) in [6.45, 7) is 1.99. The Morgan fingerprint density at radius 3 is 1.47 bits per heavy atom. The molecule has 0 amide bonds. The average Bonchev–Trinajstić information content (AvgIpc) is 3.48. The number of nitrogens with zero attached hydrogens (tertiary/aromatic N) is 4. The second kappa shape index (κ2) is 6.79. The SMILES string of the molecule is c1ccc2c(c1)CCN2c1ccnc2c1ccc1c(N3CCc4ccccc43)ccnc12. The molecule has 5 aromatic rings. The Balaban J connectivity index is 1.42. The molecule has 0 fully saturated rings. The van der Waals surface area contributed by atoms with Gasteiger partial charge in [0.1, 0.15) is 0 Å². The zero-order chi connectivity index (χ0) is 21.1. The number of hydrogen-bond acceptors (Lipinski definition) is 4. The van der Waals surface area contributed by atoms with E-state index in [2.05, 4.69) is 82.6 Å². The Bertz CT molecular complexity index is 1390. The van der Waals surface area contributed by atoms with E-state index >= 15 is 0 Å². The van der Waals surface area contributed by atoms with E-state index in [1.165, 1.54) is 33.9 Å². The topological polar surface area (TPSA) is 32.3 Å². The highest BCUT2D eigenvalue weighted by Crippen LogP contribution is 2.42. The van der Waals surface area contributed by atoms with E-state index in [-0.39, 0.29) is 0 Å². The number of benzene rings is 3. The molecular weight excluding hydrogens is 392 g/mol. The lowest BCUT2D eigenvalue weighted by molar-refractivity contribution is 1.000. The molecular formula is C28H22N4. The Morgan fingerprint density at radius 1 is 0.500 bits per heavy atom. The Morgan fingerprint density at radius 2 is 0.969 bits per heavy atom. The van der Waals surface area contributed by atoms with Gasteiger partial charge < -0.3 is 9.80 Å². The van der Waals surface area contributed by atoms with Gasteiger partial charge in [0.2, 0.25) is 0 Å². The molecule has 4 heterocycles. The monoisotopic (exact) mass is 414 g/mol. The zero-order valence-corrected chi connectivity index (χ0v) is 17.7. The predicted molar refractivity (Wildman–Crippen MR) is 131 cm³/mol. The molecule has 2 aliphatic heterocycles. The van der Waals surface area contributed by atoms with E-state index in [1.54, 1.807) is 0 Å². The number of rotatable bonds is 2. The van der Waals surface area contributed by atoms with Gasteiger partial charge in [-0.1, -0.05) is 36.4 Å². The fourth-order valence-electron chi connectivity index (χ4n) is 5.45. The summed E-state index contributed by atoms with van der Waals surface area (Å²) in [5.41, 5.74) is 9.78. The molecule has 154 valence electrons. The van der Waals surface area contributed by atoms with Crippen molar-refractivity contribution in [2.45, 2.75) is 12.8 Å². The van der Waals surface area contributed by atoms with Crippen molar-refractivity contribution in [2.75, 3.05) is 22.9 Å². The Kier molecular flexibility index (Phi) is 3.76. The molecule has 2 aromatic heterocycles. The van der Waals surface area contributed by atoms with Crippen molar-refractivity contribution in [3.63, 3.8) is 0 Å². The van der Waals surface area contributed by atoms with Crippen LogP contribution in [0.5, 0.6) is 0 Å². The second-order valence-corrected chi connectivity index (χ2v) is 8.58. The third-order valence-electron chi connectivity index (χ3n) is 6.93. The first-order valence-electron chi connectivity index (χ1n) is 11.3. The van der Waals surface area contributed by atoms with Crippen LogP contribution in [0.15, 0.2) is 85.2 Å². The van der Waals surface area contributed by atoms with E-state index in [0.29, 0.717) is 0 Å². The number of aromatic nitrogens is 2. The summed E-state index contributed by atoms with van der Waals surface area (Å²) in [6.07, 6.45) is 6.00. The first-order chi connectivity index (χ1) is 15.9. The highest BCUT2D eigenvalue weighted by Gasteiger charge is 2.24. The average molecular weight is 415 g/mol. The lowest BCUT2D eigenvalue weighted by atomic mass is 10.1. The normalized spacial score (nSPS) is 14.9. The molecule has 0 aliphatic carbocycles. The van der Waals surface area contributed by atoms with Crippen molar-refractivity contribution in [3.05, 3.63) is 96.3 Å². The van der Waals surface area contributed by atoms with Crippen LogP contribution in [0.25, 0.3) is 21.8 Å². The van der Waals surface area contributed by atoms with Gasteiger partial charge in [0.25, 0.3) is 0 Å². The number of pyridine rings is 2. The summed E-state index contributed by atoms with van der Waals surface area (Å²) >= 11 is 0. The molecule has 0 atom stereocenters. The van der Waals surface area contributed by atoms with E-state index < -0.39 is 0 Å². The molecule has 32 heavy (non-hydrogen) atoms. The summed E-state index contributed by atoms with van der Waals surface area (Å²) in [7, 11) is 0. The molecule has 0 bridgehead atoms. The minimum absolute atomic E-state index is 0.971. The van der Waals surface area contributed by atoms with Crippen molar-refractivity contribution in [1.29, 1.82) is 0 Å². The van der Waals surface area contributed by atoms with Crippen LogP contribution in [-0.4, -0.2) is 23.1 Å². The maximum atomic E-state index is 4.80. The predicted octanol–water partition coefficient (Wildman–Crippen LogP) is 6.17. The second-order valence-electron chi connectivity index (χ2n) is 8.58. The fraction of sp³-hybridized carbons (Fsp3) is 0.143. The largest absolute Gasteiger partial charge is 0.340 e. The Labute approximate surface area is 186 Å². The molecule has 4 heteroatoms. The van der Waals surface area contributed by atoms with Crippen LogP contribution in [0, 0.1) is 0 Å². The van der Waals surface area contributed by atoms with Crippen molar-refractivity contribution in [3.8, 4) is 0 Å². The molecule has 7 rings (SSSR count). The van der Waals surface area contributed by atoms with Gasteiger partial charge in [0.15, 0.2) is 0 Å². The number of para-hydroxylation sites is 2. The van der Waals surface area contributed by atoms with E-state index in [9.17, 15) is 0 Å². The van der Waals surface area contributed by atoms with Crippen molar-refractivity contribution >= 4 is 44.6 Å². The summed E-state index contributed by atoms with van der Waals surface area (Å²) in [6, 6.07) is 26.1. The van der Waals surface area contributed by atoms with Gasteiger partial charge in [0.05, 0.1) is 22.4 Å². The minimum Gasteiger partial charge on any atom is -0.340 e. The zero-order valence-electron chi connectivity index (χ0n) is 17.7. The van der Waals surface area contributed by atoms with Crippen molar-refractivity contribution in [1.82, 2.24) is 9.97 Å². The maximum absolute atomic E-state index is 4.80. The van der Waals surface area contributed by atoms with Gasteiger partial charge in [-0.25, -0.2) is 0 Å². The molecule has 0 saturated heterocycles. The first-order valence-corrected chi connectivity index (χ1v) is 11.3. The van der Waals surface area contributed by atoms with Gasteiger partial charge in [0, 0.05) is 47.6 Å². The maximum Gasteiger partial charge on any atom is 0.0986 e. The van der Waals surface area contributed by atoms with Crippen molar-refractivity contribution < 1.29 is 0 Å². The fourth-order valence-corrected chi connectivity index (χ4v) is 5.45. The summed E-state index contributed by atoms with van der Waals surface area (Å²) in [5.74, 6) is 0. The number of anilines is 4. The van der Waals surface area contributed by atoms with Gasteiger partial charge >= 0.3 is 0 Å². The van der Waals surface area contributed by atoms with E-state index in [4.69, 9.17) is 9.97 Å². The smallest absolute Gasteiger partial charge is 0.0986 e. The molecule has 0 radical (unpaired) electrons. The van der Waals surface area contributed by atoms with Crippen LogP contribution in [-0.2, 0) is 12.8 Å². The molecule has 0 saturated carbocycles. The summed E-state index contributed by atoms with van der Waals surface area (Å²) < 4.78 is 0. The highest BCUT2D eigenvalue weighted by molar-refractivity contribution is 6.11. The highest BCUT2D eigenvalue weighted by atomic mass is 15.2. The van der Waals surface area contributed by atoms with E-state index in [0.717, 1.165) is 47.7 Å². The van der Waals surface area contributed by atoms with Crippen LogP contribution in [0.4, 0.5) is 22.7 Å². The van der Waals surface area contributed by atoms with Gasteiger partial charge in [-0.15, -0.1) is 0 Å². The molecule has 0 N–H and O–H groups in total. The molecule has 3 aromatic carbocycles. The van der Waals surface area contributed by atoms with Crippen LogP contribution in [0.1, 0.15) is 11.1 Å². The van der Waals surface area contributed by atoms with Gasteiger partial charge in [-0.05, 0) is 60.4 Å². The Hall–Kier alpha value is -3.92. The van der Waals surface area contributed by atoms with Crippen LogP contribution in [0.2, 0.25) is 0 Å². The van der Waals surface area contributed by atoms with Crippen LogP contribution >= 0.6 is 0 Å². The third kappa shape index (κ3) is 2.50. The van der Waals surface area contributed by atoms with Crippen LogP contribution < -0.4 is 9.80 Å². The molecule has 2 aliphatic rings. The lowest BCUT2D eigenvalue weighted by Gasteiger charge is -2.23.